The van der Waals surface area contributed by atoms with E-state index >= 15 is 0 Å². The molecule has 5 heteroatoms. The van der Waals surface area contributed by atoms with E-state index in [1.165, 1.54) is 0 Å². The van der Waals surface area contributed by atoms with Crippen LogP contribution in [0.2, 0.25) is 0 Å². The Bertz CT molecular complexity index is 514. The molecule has 19 heavy (non-hydrogen) atoms. The molecular formula is C14H18N2O2S. The van der Waals surface area contributed by atoms with Gasteiger partial charge in [0.05, 0.1) is 11.5 Å². The Morgan fingerprint density at radius 2 is 1.89 bits per heavy atom. The van der Waals surface area contributed by atoms with Crippen molar-refractivity contribution in [3.05, 3.63) is 35.3 Å². The summed E-state index contributed by atoms with van der Waals surface area (Å²) in [6.45, 7) is 6.03. The van der Waals surface area contributed by atoms with E-state index in [9.17, 15) is 0 Å². The van der Waals surface area contributed by atoms with Crippen LogP contribution >= 0.6 is 11.3 Å². The lowest BCUT2D eigenvalue weighted by Crippen LogP contribution is -1.98. The van der Waals surface area contributed by atoms with Gasteiger partial charge in [-0.25, -0.2) is 4.98 Å². The third-order valence-electron chi connectivity index (χ3n) is 2.40. The summed E-state index contributed by atoms with van der Waals surface area (Å²) in [7, 11) is 0. The molecule has 102 valence electrons. The number of benzene rings is 1. The number of hydrogen-bond acceptors (Lipinski definition) is 5. The Morgan fingerprint density at radius 3 is 2.58 bits per heavy atom. The van der Waals surface area contributed by atoms with E-state index in [0.29, 0.717) is 13.2 Å². The van der Waals surface area contributed by atoms with Gasteiger partial charge in [0.2, 0.25) is 0 Å². The van der Waals surface area contributed by atoms with Crippen LogP contribution in [0.1, 0.15) is 18.7 Å². The predicted molar refractivity (Wildman–Crippen MR) is 78.2 cm³/mol. The molecular weight excluding hydrogens is 260 g/mol. The van der Waals surface area contributed by atoms with Gasteiger partial charge in [0.25, 0.3) is 0 Å². The Hall–Kier alpha value is -1.75. The van der Waals surface area contributed by atoms with E-state index in [2.05, 4.69) is 17.2 Å². The first-order valence-corrected chi connectivity index (χ1v) is 7.18. The molecule has 1 heterocycles. The predicted octanol–water partition coefficient (Wildman–Crippen LogP) is 3.55. The highest BCUT2D eigenvalue weighted by molar-refractivity contribution is 7.15. The summed E-state index contributed by atoms with van der Waals surface area (Å²) in [5, 5.41) is 4.11. The normalized spacial score (nSPS) is 10.2. The van der Waals surface area contributed by atoms with Gasteiger partial charge < -0.3 is 14.8 Å². The molecule has 1 aromatic heterocycles. The summed E-state index contributed by atoms with van der Waals surface area (Å²) in [5.41, 5.74) is 0. The van der Waals surface area contributed by atoms with Crippen LogP contribution in [0.15, 0.2) is 30.5 Å². The van der Waals surface area contributed by atoms with Gasteiger partial charge in [-0.3, -0.25) is 0 Å². The number of nitrogens with one attached hydrogen (secondary N) is 1. The van der Waals surface area contributed by atoms with E-state index in [4.69, 9.17) is 9.47 Å². The Morgan fingerprint density at radius 1 is 1.16 bits per heavy atom. The number of aromatic nitrogens is 1. The zero-order valence-corrected chi connectivity index (χ0v) is 12.0. The smallest absolute Gasteiger partial charge is 0.182 e. The van der Waals surface area contributed by atoms with Crippen LogP contribution in [0.5, 0.6) is 11.5 Å². The highest BCUT2D eigenvalue weighted by Gasteiger charge is 2.06. The van der Waals surface area contributed by atoms with Gasteiger partial charge in [-0.05, 0) is 26.0 Å². The molecule has 0 atom stereocenters. The van der Waals surface area contributed by atoms with Crippen molar-refractivity contribution in [2.75, 3.05) is 18.5 Å². The second-order valence-electron chi connectivity index (χ2n) is 3.83. The van der Waals surface area contributed by atoms with Crippen molar-refractivity contribution < 1.29 is 9.47 Å². The van der Waals surface area contributed by atoms with Crippen molar-refractivity contribution in [2.45, 2.75) is 20.5 Å². The van der Waals surface area contributed by atoms with Gasteiger partial charge in [-0.1, -0.05) is 23.5 Å². The molecule has 1 N–H and O–H groups in total. The Labute approximate surface area is 117 Å². The molecule has 0 aliphatic rings. The molecule has 0 aliphatic heterocycles. The standard InChI is InChI=1S/C14H18N2O2S/c1-3-15-14-16-9-11(19-14)10-18-13-8-6-5-7-12(13)17-4-2/h5-9H,3-4,10H2,1-2H3,(H,15,16). The summed E-state index contributed by atoms with van der Waals surface area (Å²) in [4.78, 5) is 5.36. The molecule has 0 saturated carbocycles. The summed E-state index contributed by atoms with van der Waals surface area (Å²) in [6, 6.07) is 7.70. The molecule has 0 amide bonds. The fourth-order valence-electron chi connectivity index (χ4n) is 1.60. The van der Waals surface area contributed by atoms with Crippen molar-refractivity contribution in [1.82, 2.24) is 4.98 Å². The second-order valence-corrected chi connectivity index (χ2v) is 4.95. The first-order chi connectivity index (χ1) is 9.33. The molecule has 2 aromatic rings. The molecule has 0 spiro atoms. The van der Waals surface area contributed by atoms with E-state index in [1.54, 1.807) is 11.3 Å². The van der Waals surface area contributed by atoms with E-state index in [-0.39, 0.29) is 0 Å². The van der Waals surface area contributed by atoms with Gasteiger partial charge in [0.15, 0.2) is 16.6 Å². The molecule has 0 unspecified atom stereocenters. The Kier molecular flexibility index (Phi) is 5.03. The maximum absolute atomic E-state index is 5.78. The zero-order valence-electron chi connectivity index (χ0n) is 11.2. The molecule has 0 radical (unpaired) electrons. The largest absolute Gasteiger partial charge is 0.490 e. The zero-order chi connectivity index (χ0) is 13.5. The number of rotatable bonds is 7. The lowest BCUT2D eigenvalue weighted by molar-refractivity contribution is 0.271. The minimum Gasteiger partial charge on any atom is -0.490 e. The van der Waals surface area contributed by atoms with Crippen molar-refractivity contribution >= 4 is 16.5 Å². The lowest BCUT2D eigenvalue weighted by atomic mass is 10.3. The van der Waals surface area contributed by atoms with Crippen LogP contribution in [0.3, 0.4) is 0 Å². The van der Waals surface area contributed by atoms with Crippen LogP contribution in [-0.4, -0.2) is 18.1 Å². The van der Waals surface area contributed by atoms with Crippen molar-refractivity contribution in [2.24, 2.45) is 0 Å². The molecule has 0 saturated heterocycles. The summed E-state index contributed by atoms with van der Waals surface area (Å²) in [5.74, 6) is 1.55. The topological polar surface area (TPSA) is 43.4 Å². The number of para-hydroxylation sites is 2. The average molecular weight is 278 g/mol. The van der Waals surface area contributed by atoms with Crippen molar-refractivity contribution in [1.29, 1.82) is 0 Å². The van der Waals surface area contributed by atoms with Crippen LogP contribution in [-0.2, 0) is 6.61 Å². The SMILES string of the molecule is CCNc1ncc(COc2ccccc2OCC)s1. The molecule has 1 aromatic carbocycles. The quantitative estimate of drug-likeness (QED) is 0.841. The molecule has 0 aliphatic carbocycles. The highest BCUT2D eigenvalue weighted by Crippen LogP contribution is 2.28. The number of hydrogen-bond donors (Lipinski definition) is 1. The minimum absolute atomic E-state index is 0.507. The van der Waals surface area contributed by atoms with Gasteiger partial charge >= 0.3 is 0 Å². The molecule has 2 rings (SSSR count). The fourth-order valence-corrected chi connectivity index (χ4v) is 2.39. The summed E-state index contributed by atoms with van der Waals surface area (Å²) >= 11 is 1.61. The van der Waals surface area contributed by atoms with Crippen LogP contribution in [0.25, 0.3) is 0 Å². The van der Waals surface area contributed by atoms with E-state index < -0.39 is 0 Å². The first-order valence-electron chi connectivity index (χ1n) is 6.36. The number of ether oxygens (including phenoxy) is 2. The van der Waals surface area contributed by atoms with Crippen LogP contribution in [0.4, 0.5) is 5.13 Å². The molecule has 0 fully saturated rings. The third kappa shape index (κ3) is 3.86. The first kappa shape index (κ1) is 13.7. The molecule has 0 bridgehead atoms. The van der Waals surface area contributed by atoms with Gasteiger partial charge in [0, 0.05) is 12.7 Å². The summed E-state index contributed by atoms with van der Waals surface area (Å²) in [6.07, 6.45) is 1.84. The van der Waals surface area contributed by atoms with Crippen molar-refractivity contribution in [3.63, 3.8) is 0 Å². The average Bonchev–Trinajstić information content (AvgIpc) is 2.86. The number of nitrogens with zero attached hydrogens (tertiary/aromatic N) is 1. The fraction of sp³-hybridized carbons (Fsp3) is 0.357. The van der Waals surface area contributed by atoms with E-state index in [1.807, 2.05) is 37.4 Å². The number of anilines is 1. The summed E-state index contributed by atoms with van der Waals surface area (Å²) < 4.78 is 11.3. The van der Waals surface area contributed by atoms with Crippen molar-refractivity contribution in [3.8, 4) is 11.5 Å². The third-order valence-corrected chi connectivity index (χ3v) is 3.33. The van der Waals surface area contributed by atoms with Gasteiger partial charge in [-0.2, -0.15) is 0 Å². The number of thiazole rings is 1. The Balaban J connectivity index is 1.97. The molecule has 4 nitrogen and oxygen atoms in total. The lowest BCUT2D eigenvalue weighted by Gasteiger charge is -2.10. The highest BCUT2D eigenvalue weighted by atomic mass is 32.1. The maximum atomic E-state index is 5.78. The minimum atomic E-state index is 0.507. The second kappa shape index (κ2) is 6.99. The van der Waals surface area contributed by atoms with Gasteiger partial charge in [-0.15, -0.1) is 0 Å². The van der Waals surface area contributed by atoms with E-state index in [0.717, 1.165) is 28.1 Å². The van der Waals surface area contributed by atoms with Crippen LogP contribution in [0, 0.1) is 0 Å². The van der Waals surface area contributed by atoms with Crippen LogP contribution < -0.4 is 14.8 Å². The monoisotopic (exact) mass is 278 g/mol. The van der Waals surface area contributed by atoms with Gasteiger partial charge in [0.1, 0.15) is 6.61 Å². The maximum Gasteiger partial charge on any atom is 0.182 e.